The van der Waals surface area contributed by atoms with E-state index in [1.54, 1.807) is 12.1 Å². The van der Waals surface area contributed by atoms with Gasteiger partial charge in [0.05, 0.1) is 5.69 Å². The molecule has 2 N–H and O–H groups in total. The summed E-state index contributed by atoms with van der Waals surface area (Å²) in [6.45, 7) is 8.28. The molecule has 118 valence electrons. The largest absolute Gasteiger partial charge is 0.367 e. The molecule has 0 amide bonds. The normalized spacial score (nSPS) is 23.3. The molecule has 1 aliphatic heterocycles. The van der Waals surface area contributed by atoms with Crippen LogP contribution < -0.4 is 14.9 Å². The smallest absolute Gasteiger partial charge is 0.242 e. The van der Waals surface area contributed by atoms with E-state index in [0.717, 1.165) is 25.2 Å². The topological polar surface area (TPSA) is 61.4 Å². The van der Waals surface area contributed by atoms with Crippen LogP contribution in [-0.4, -0.2) is 40.1 Å². The lowest BCUT2D eigenvalue weighted by Crippen LogP contribution is -2.54. The van der Waals surface area contributed by atoms with Gasteiger partial charge in [-0.25, -0.2) is 13.1 Å². The van der Waals surface area contributed by atoms with Crippen molar-refractivity contribution in [3.63, 3.8) is 0 Å². The molecule has 1 fully saturated rings. The lowest BCUT2D eigenvalue weighted by atomic mass is 10.1. The monoisotopic (exact) mass is 311 g/mol. The van der Waals surface area contributed by atoms with Crippen LogP contribution in [0.4, 0.5) is 5.69 Å². The third-order valence-corrected chi connectivity index (χ3v) is 5.10. The van der Waals surface area contributed by atoms with Crippen LogP contribution in [0.5, 0.6) is 0 Å². The van der Waals surface area contributed by atoms with E-state index in [2.05, 4.69) is 28.8 Å². The number of nitrogens with zero attached hydrogens (tertiary/aromatic N) is 1. The van der Waals surface area contributed by atoms with Crippen LogP contribution in [-0.2, 0) is 10.0 Å². The molecule has 0 aromatic heterocycles. The first-order valence-corrected chi connectivity index (χ1v) is 9.02. The molecule has 2 unspecified atom stereocenters. The van der Waals surface area contributed by atoms with E-state index in [1.807, 2.05) is 19.1 Å². The summed E-state index contributed by atoms with van der Waals surface area (Å²) in [6.07, 6.45) is 0.781. The van der Waals surface area contributed by atoms with E-state index in [-0.39, 0.29) is 0 Å². The van der Waals surface area contributed by atoms with Crippen molar-refractivity contribution < 1.29 is 8.42 Å². The molecule has 5 nitrogen and oxygen atoms in total. The standard InChI is InChI=1S/C15H25N3O2S/c1-4-9-16-21(19,20)15-8-6-5-7-14(15)18-10-12(2)17-13(3)11-18/h5-8,12-13,16-17H,4,9-11H2,1-3H3. The third kappa shape index (κ3) is 3.96. The van der Waals surface area contributed by atoms with E-state index in [9.17, 15) is 8.42 Å². The van der Waals surface area contributed by atoms with Gasteiger partial charge < -0.3 is 10.2 Å². The summed E-state index contributed by atoms with van der Waals surface area (Å²) in [6, 6.07) is 7.93. The van der Waals surface area contributed by atoms with Crippen molar-refractivity contribution in [3.8, 4) is 0 Å². The molecule has 0 radical (unpaired) electrons. The van der Waals surface area contributed by atoms with Gasteiger partial charge in [0.25, 0.3) is 0 Å². The maximum atomic E-state index is 12.5. The van der Waals surface area contributed by atoms with Gasteiger partial charge in [0.1, 0.15) is 4.90 Å². The van der Waals surface area contributed by atoms with Crippen molar-refractivity contribution >= 4 is 15.7 Å². The number of piperazine rings is 1. The minimum Gasteiger partial charge on any atom is -0.367 e. The predicted molar refractivity (Wildman–Crippen MR) is 86.2 cm³/mol. The molecule has 1 saturated heterocycles. The van der Waals surface area contributed by atoms with E-state index in [1.165, 1.54) is 0 Å². The first-order chi connectivity index (χ1) is 9.94. The Balaban J connectivity index is 2.32. The zero-order chi connectivity index (χ0) is 15.5. The Kier molecular flexibility index (Phi) is 5.24. The predicted octanol–water partition coefficient (Wildman–Crippen LogP) is 1.56. The van der Waals surface area contributed by atoms with Crippen LogP contribution >= 0.6 is 0 Å². The van der Waals surface area contributed by atoms with Gasteiger partial charge in [-0.05, 0) is 32.4 Å². The Bertz CT molecular complexity index is 564. The molecular formula is C15H25N3O2S. The van der Waals surface area contributed by atoms with Crippen LogP contribution in [0, 0.1) is 0 Å². The first kappa shape index (κ1) is 16.3. The number of anilines is 1. The molecule has 2 rings (SSSR count). The summed E-state index contributed by atoms with van der Waals surface area (Å²) in [5, 5.41) is 3.46. The zero-order valence-corrected chi connectivity index (χ0v) is 13.8. The van der Waals surface area contributed by atoms with Gasteiger partial charge >= 0.3 is 0 Å². The molecule has 1 aromatic carbocycles. The Morgan fingerprint density at radius 1 is 1.24 bits per heavy atom. The van der Waals surface area contributed by atoms with Gasteiger partial charge in [-0.2, -0.15) is 0 Å². The molecule has 1 aliphatic rings. The third-order valence-electron chi connectivity index (χ3n) is 3.60. The Labute approximate surface area is 127 Å². The van der Waals surface area contributed by atoms with Gasteiger partial charge in [0, 0.05) is 31.7 Å². The Morgan fingerprint density at radius 3 is 2.48 bits per heavy atom. The summed E-state index contributed by atoms with van der Waals surface area (Å²) >= 11 is 0. The van der Waals surface area contributed by atoms with Crippen molar-refractivity contribution in [2.24, 2.45) is 0 Å². The summed E-state index contributed by atoms with van der Waals surface area (Å²) < 4.78 is 27.6. The van der Waals surface area contributed by atoms with Crippen molar-refractivity contribution in [1.29, 1.82) is 0 Å². The van der Waals surface area contributed by atoms with Gasteiger partial charge in [-0.15, -0.1) is 0 Å². The maximum absolute atomic E-state index is 12.5. The second kappa shape index (κ2) is 6.77. The summed E-state index contributed by atoms with van der Waals surface area (Å²) in [5.74, 6) is 0. The average Bonchev–Trinajstić information content (AvgIpc) is 2.44. The van der Waals surface area contributed by atoms with Gasteiger partial charge in [0.2, 0.25) is 10.0 Å². The highest BCUT2D eigenvalue weighted by Gasteiger charge is 2.26. The van der Waals surface area contributed by atoms with Gasteiger partial charge in [-0.3, -0.25) is 0 Å². The van der Waals surface area contributed by atoms with Crippen molar-refractivity contribution in [2.75, 3.05) is 24.5 Å². The maximum Gasteiger partial charge on any atom is 0.242 e. The average molecular weight is 311 g/mol. The SMILES string of the molecule is CCCNS(=O)(=O)c1ccccc1N1CC(C)NC(C)C1. The molecule has 0 spiro atoms. The van der Waals surface area contributed by atoms with Crippen LogP contribution in [0.15, 0.2) is 29.2 Å². The molecule has 0 saturated carbocycles. The number of para-hydroxylation sites is 1. The number of hydrogen-bond acceptors (Lipinski definition) is 4. The molecule has 2 atom stereocenters. The van der Waals surface area contributed by atoms with Gasteiger partial charge in [0.15, 0.2) is 0 Å². The fraction of sp³-hybridized carbons (Fsp3) is 0.600. The highest BCUT2D eigenvalue weighted by Crippen LogP contribution is 2.26. The molecule has 1 heterocycles. The van der Waals surface area contributed by atoms with Crippen LogP contribution in [0.25, 0.3) is 0 Å². The molecule has 0 aliphatic carbocycles. The minimum atomic E-state index is -3.45. The molecule has 6 heteroatoms. The second-order valence-corrected chi connectivity index (χ2v) is 7.47. The molecule has 0 bridgehead atoms. The van der Waals surface area contributed by atoms with E-state index >= 15 is 0 Å². The Morgan fingerprint density at radius 2 is 1.86 bits per heavy atom. The molecule has 1 aromatic rings. The number of nitrogens with one attached hydrogen (secondary N) is 2. The quantitative estimate of drug-likeness (QED) is 0.866. The number of sulfonamides is 1. The first-order valence-electron chi connectivity index (χ1n) is 7.53. The highest BCUT2D eigenvalue weighted by molar-refractivity contribution is 7.89. The van der Waals surface area contributed by atoms with Crippen molar-refractivity contribution in [2.45, 2.75) is 44.2 Å². The minimum absolute atomic E-state index is 0.341. The Hall–Kier alpha value is -1.11. The summed E-state index contributed by atoms with van der Waals surface area (Å²) in [4.78, 5) is 2.53. The summed E-state index contributed by atoms with van der Waals surface area (Å²) in [7, 11) is -3.45. The second-order valence-electron chi connectivity index (χ2n) is 5.74. The number of hydrogen-bond donors (Lipinski definition) is 2. The number of benzene rings is 1. The van der Waals surface area contributed by atoms with Crippen molar-refractivity contribution in [3.05, 3.63) is 24.3 Å². The van der Waals surface area contributed by atoms with E-state index in [0.29, 0.717) is 23.5 Å². The van der Waals surface area contributed by atoms with Crippen molar-refractivity contribution in [1.82, 2.24) is 10.0 Å². The zero-order valence-electron chi connectivity index (χ0n) is 13.0. The fourth-order valence-electron chi connectivity index (χ4n) is 2.78. The van der Waals surface area contributed by atoms with Crippen LogP contribution in [0.3, 0.4) is 0 Å². The lowest BCUT2D eigenvalue weighted by molar-refractivity contribution is 0.405. The van der Waals surface area contributed by atoms with Crippen LogP contribution in [0.2, 0.25) is 0 Å². The summed E-state index contributed by atoms with van der Waals surface area (Å²) in [5.41, 5.74) is 0.793. The molecular weight excluding hydrogens is 286 g/mol. The fourth-order valence-corrected chi connectivity index (χ4v) is 4.14. The highest BCUT2D eigenvalue weighted by atomic mass is 32.2. The lowest BCUT2D eigenvalue weighted by Gasteiger charge is -2.38. The van der Waals surface area contributed by atoms with E-state index < -0.39 is 10.0 Å². The number of rotatable bonds is 5. The molecule has 21 heavy (non-hydrogen) atoms. The van der Waals surface area contributed by atoms with E-state index in [4.69, 9.17) is 0 Å². The van der Waals surface area contributed by atoms with Crippen LogP contribution in [0.1, 0.15) is 27.2 Å². The van der Waals surface area contributed by atoms with Gasteiger partial charge in [-0.1, -0.05) is 19.1 Å².